The highest BCUT2D eigenvalue weighted by molar-refractivity contribution is 6.30. The number of benzene rings is 2. The van der Waals surface area contributed by atoms with E-state index in [9.17, 15) is 32.3 Å². The van der Waals surface area contributed by atoms with Crippen LogP contribution in [-0.2, 0) is 13.1 Å². The van der Waals surface area contributed by atoms with E-state index >= 15 is 0 Å². The smallest absolute Gasteiger partial charge is 0.382 e. The molecule has 0 fully saturated rings. The number of rotatable bonds is 9. The average Bonchev–Trinajstić information content (AvgIpc) is 3.47. The zero-order valence-electron chi connectivity index (χ0n) is 19.4. The van der Waals surface area contributed by atoms with E-state index < -0.39 is 37.1 Å². The van der Waals surface area contributed by atoms with Crippen molar-refractivity contribution in [1.82, 2.24) is 34.4 Å². The minimum atomic E-state index is -4.96. The van der Waals surface area contributed by atoms with Crippen LogP contribution in [0.1, 0.15) is 16.2 Å². The van der Waals surface area contributed by atoms with Crippen molar-refractivity contribution in [3.05, 3.63) is 81.8 Å². The summed E-state index contributed by atoms with van der Waals surface area (Å²) in [5, 5.41) is 20.8. The maximum atomic E-state index is 13.0. The third-order valence-corrected chi connectivity index (χ3v) is 5.62. The van der Waals surface area contributed by atoms with Gasteiger partial charge in [0.15, 0.2) is 17.8 Å². The monoisotopic (exact) mass is 553 g/mol. The molecule has 4 rings (SSSR count). The highest BCUT2D eigenvalue weighted by Gasteiger charge is 2.39. The largest absolute Gasteiger partial charge is 0.416 e. The molecule has 1 unspecified atom stereocenters. The molecule has 38 heavy (non-hydrogen) atoms. The van der Waals surface area contributed by atoms with Gasteiger partial charge in [-0.25, -0.2) is 23.5 Å². The lowest BCUT2D eigenvalue weighted by molar-refractivity contribution is -0.207. The fourth-order valence-electron chi connectivity index (χ4n) is 3.54. The third kappa shape index (κ3) is 5.92. The van der Waals surface area contributed by atoms with Crippen LogP contribution in [0.5, 0.6) is 0 Å². The predicted octanol–water partition coefficient (Wildman–Crippen LogP) is 2.62. The number of carbonyl (C=O) groups excluding carboxylic acids is 1. The second-order valence-corrected chi connectivity index (χ2v) is 8.44. The van der Waals surface area contributed by atoms with Crippen molar-refractivity contribution < 1.29 is 27.5 Å². The molecule has 0 spiro atoms. The van der Waals surface area contributed by atoms with E-state index in [1.165, 1.54) is 41.3 Å². The van der Waals surface area contributed by atoms with Crippen LogP contribution >= 0.6 is 11.6 Å². The topological polar surface area (TPSA) is 120 Å². The van der Waals surface area contributed by atoms with E-state index in [0.717, 1.165) is 4.68 Å². The van der Waals surface area contributed by atoms with Gasteiger partial charge in [-0.3, -0.25) is 9.36 Å². The molecule has 15 heteroatoms. The van der Waals surface area contributed by atoms with Crippen LogP contribution in [0.25, 0.3) is 17.1 Å². The number of aliphatic hydroxyl groups is 1. The lowest BCUT2D eigenvalue weighted by Gasteiger charge is -2.15. The summed E-state index contributed by atoms with van der Waals surface area (Å²) in [5.74, 6) is -0.583. The summed E-state index contributed by atoms with van der Waals surface area (Å²) in [7, 11) is 0. The van der Waals surface area contributed by atoms with Crippen LogP contribution in [0.3, 0.4) is 0 Å². The van der Waals surface area contributed by atoms with Crippen LogP contribution in [0, 0.1) is 0 Å². The van der Waals surface area contributed by atoms with Gasteiger partial charge < -0.3 is 10.4 Å². The second kappa shape index (κ2) is 11.1. The Balaban J connectivity index is 1.67. The predicted molar refractivity (Wildman–Crippen MR) is 128 cm³/mol. The third-order valence-electron chi connectivity index (χ3n) is 5.36. The molecular formula is C23H20ClF4N7O3. The molecule has 0 saturated carbocycles. The molecule has 0 aliphatic carbocycles. The van der Waals surface area contributed by atoms with Crippen LogP contribution in [0.2, 0.25) is 5.02 Å². The SMILES string of the molecule is O=C(NCCF)c1ccccc1-n1cnc(Cn2nc(-c3ccc(Cl)cc3)n(CC(O)C(F)(F)F)c2=O)n1. The van der Waals surface area contributed by atoms with Gasteiger partial charge in [-0.2, -0.15) is 13.2 Å². The Morgan fingerprint density at radius 3 is 2.50 bits per heavy atom. The molecule has 0 saturated heterocycles. The number of aliphatic hydroxyl groups excluding tert-OH is 1. The van der Waals surface area contributed by atoms with Crippen molar-refractivity contribution in [3.63, 3.8) is 0 Å². The maximum absolute atomic E-state index is 13.0. The maximum Gasteiger partial charge on any atom is 0.416 e. The highest BCUT2D eigenvalue weighted by atomic mass is 35.5. The van der Waals surface area contributed by atoms with Crippen molar-refractivity contribution >= 4 is 17.5 Å². The van der Waals surface area contributed by atoms with Crippen molar-refractivity contribution in [2.45, 2.75) is 25.4 Å². The number of hydrogen-bond acceptors (Lipinski definition) is 6. The van der Waals surface area contributed by atoms with E-state index in [1.807, 2.05) is 0 Å². The number of carbonyl (C=O) groups is 1. The Morgan fingerprint density at radius 2 is 1.82 bits per heavy atom. The van der Waals surface area contributed by atoms with Crippen molar-refractivity contribution in [2.24, 2.45) is 0 Å². The molecule has 200 valence electrons. The van der Waals surface area contributed by atoms with Gasteiger partial charge in [0, 0.05) is 17.1 Å². The number of alkyl halides is 4. The second-order valence-electron chi connectivity index (χ2n) is 8.01. The zero-order valence-corrected chi connectivity index (χ0v) is 20.2. The fourth-order valence-corrected chi connectivity index (χ4v) is 3.66. The number of nitrogens with zero attached hydrogens (tertiary/aromatic N) is 6. The Kier molecular flexibility index (Phi) is 7.92. The fraction of sp³-hybridized carbons (Fsp3) is 0.261. The molecule has 0 aliphatic heterocycles. The van der Waals surface area contributed by atoms with Crippen molar-refractivity contribution in [3.8, 4) is 17.1 Å². The Labute approximate surface area is 217 Å². The Hall–Kier alpha value is -4.04. The molecule has 4 aromatic rings. The summed E-state index contributed by atoms with van der Waals surface area (Å²) in [6.45, 7) is -2.30. The van der Waals surface area contributed by atoms with Gasteiger partial charge in [0.2, 0.25) is 0 Å². The highest BCUT2D eigenvalue weighted by Crippen LogP contribution is 2.24. The molecule has 0 bridgehead atoms. The van der Waals surface area contributed by atoms with Crippen molar-refractivity contribution in [1.29, 1.82) is 0 Å². The first-order valence-corrected chi connectivity index (χ1v) is 11.5. The summed E-state index contributed by atoms with van der Waals surface area (Å²) in [5.41, 5.74) is -0.104. The number of hydrogen-bond donors (Lipinski definition) is 2. The van der Waals surface area contributed by atoms with Gasteiger partial charge in [0.1, 0.15) is 19.5 Å². The summed E-state index contributed by atoms with van der Waals surface area (Å²) in [4.78, 5) is 29.5. The summed E-state index contributed by atoms with van der Waals surface area (Å²) in [6, 6.07) is 12.3. The average molecular weight is 554 g/mol. The first-order valence-electron chi connectivity index (χ1n) is 11.1. The number of nitrogens with one attached hydrogen (secondary N) is 1. The van der Waals surface area contributed by atoms with Gasteiger partial charge >= 0.3 is 11.9 Å². The van der Waals surface area contributed by atoms with Gasteiger partial charge in [-0.05, 0) is 36.4 Å². The van der Waals surface area contributed by atoms with E-state index in [4.69, 9.17) is 11.6 Å². The minimum absolute atomic E-state index is 0.0646. The lowest BCUT2D eigenvalue weighted by atomic mass is 10.1. The molecule has 1 atom stereocenters. The van der Waals surface area contributed by atoms with E-state index in [-0.39, 0.29) is 30.3 Å². The molecule has 2 heterocycles. The molecule has 10 nitrogen and oxygen atoms in total. The van der Waals surface area contributed by atoms with Gasteiger partial charge in [-0.15, -0.1) is 10.2 Å². The van der Waals surface area contributed by atoms with Gasteiger partial charge in [0.25, 0.3) is 5.91 Å². The van der Waals surface area contributed by atoms with Gasteiger partial charge in [0.05, 0.1) is 17.8 Å². The van der Waals surface area contributed by atoms with Crippen molar-refractivity contribution in [2.75, 3.05) is 13.2 Å². The molecule has 2 N–H and O–H groups in total. The molecule has 2 aromatic carbocycles. The number of amides is 1. The van der Waals surface area contributed by atoms with Crippen LogP contribution in [-0.4, -0.2) is 65.6 Å². The number of aromatic nitrogens is 6. The Bertz CT molecular complexity index is 1480. The quantitative estimate of drug-likeness (QED) is 0.308. The van der Waals surface area contributed by atoms with Gasteiger partial charge in [-0.1, -0.05) is 23.7 Å². The van der Waals surface area contributed by atoms with Crippen LogP contribution < -0.4 is 11.0 Å². The lowest BCUT2D eigenvalue weighted by Crippen LogP contribution is -2.37. The molecule has 0 aliphatic rings. The van der Waals surface area contributed by atoms with E-state index in [1.54, 1.807) is 18.2 Å². The molecule has 2 aromatic heterocycles. The summed E-state index contributed by atoms with van der Waals surface area (Å²) in [6.07, 6.45) is -6.48. The summed E-state index contributed by atoms with van der Waals surface area (Å²) < 4.78 is 54.5. The first kappa shape index (κ1) is 27.0. The molecular weight excluding hydrogens is 534 g/mol. The summed E-state index contributed by atoms with van der Waals surface area (Å²) >= 11 is 5.89. The van der Waals surface area contributed by atoms with E-state index in [2.05, 4.69) is 20.5 Å². The Morgan fingerprint density at radius 1 is 1.11 bits per heavy atom. The molecule has 0 radical (unpaired) electrons. The normalized spacial score (nSPS) is 12.5. The van der Waals surface area contributed by atoms with E-state index in [0.29, 0.717) is 20.8 Å². The zero-order chi connectivity index (χ0) is 27.4. The van der Waals surface area contributed by atoms with Crippen LogP contribution in [0.4, 0.5) is 17.6 Å². The van der Waals surface area contributed by atoms with Crippen LogP contribution in [0.15, 0.2) is 59.7 Å². The molecule has 1 amide bonds. The standard InChI is InChI=1S/C23H20ClF4N7O3/c24-15-7-5-14(6-8-15)20-32-34(22(38)33(20)11-18(36)23(26,27)28)12-19-30-13-35(31-19)17-4-2-1-3-16(17)21(37)29-10-9-25/h1-8,13,18,36H,9-12H2,(H,29,37). The number of para-hydroxylation sites is 1. The minimum Gasteiger partial charge on any atom is -0.382 e. The first-order chi connectivity index (χ1) is 18.1. The number of halogens is 5.